The first-order valence-electron chi connectivity index (χ1n) is 10.9. The molecule has 9 nitrogen and oxygen atoms in total. The van der Waals surface area contributed by atoms with E-state index in [1.54, 1.807) is 0 Å². The molecule has 9 heteroatoms. The number of nitrogens with zero attached hydrogens (tertiary/aromatic N) is 4. The summed E-state index contributed by atoms with van der Waals surface area (Å²) >= 11 is 0. The average molecular weight is 447 g/mol. The lowest BCUT2D eigenvalue weighted by Gasteiger charge is -2.10. The lowest BCUT2D eigenvalue weighted by atomic mass is 10.1. The SMILES string of the molecule is CCCn1c(=O)[nH]c(=O)c2cc(C(=O)NCc3c(C)nn(Cc4ccccc4)c3C)cnc21. The van der Waals surface area contributed by atoms with Gasteiger partial charge < -0.3 is 5.32 Å². The molecule has 3 heterocycles. The third-order valence-corrected chi connectivity index (χ3v) is 5.67. The number of aromatic nitrogens is 5. The zero-order chi connectivity index (χ0) is 23.5. The van der Waals surface area contributed by atoms with Gasteiger partial charge in [0.2, 0.25) is 0 Å². The number of carbonyl (C=O) groups excluding carboxylic acids is 1. The molecule has 33 heavy (non-hydrogen) atoms. The van der Waals surface area contributed by atoms with Crippen molar-refractivity contribution in [3.8, 4) is 0 Å². The average Bonchev–Trinajstić information content (AvgIpc) is 3.07. The number of benzene rings is 1. The third kappa shape index (κ3) is 4.48. The van der Waals surface area contributed by atoms with E-state index >= 15 is 0 Å². The van der Waals surface area contributed by atoms with Crippen molar-refractivity contribution in [3.63, 3.8) is 0 Å². The second kappa shape index (κ2) is 9.23. The number of carbonyl (C=O) groups is 1. The van der Waals surface area contributed by atoms with Crippen molar-refractivity contribution in [1.29, 1.82) is 0 Å². The molecule has 3 aromatic heterocycles. The van der Waals surface area contributed by atoms with Crippen LogP contribution >= 0.6 is 0 Å². The van der Waals surface area contributed by atoms with Gasteiger partial charge in [-0.3, -0.25) is 23.8 Å². The Hall–Kier alpha value is -4.01. The van der Waals surface area contributed by atoms with Crippen LogP contribution in [-0.4, -0.2) is 30.2 Å². The molecule has 1 amide bonds. The van der Waals surface area contributed by atoms with Crippen LogP contribution < -0.4 is 16.6 Å². The Bertz CT molecular complexity index is 1430. The molecule has 2 N–H and O–H groups in total. The summed E-state index contributed by atoms with van der Waals surface area (Å²) in [7, 11) is 0. The Balaban J connectivity index is 1.55. The zero-order valence-corrected chi connectivity index (χ0v) is 18.9. The van der Waals surface area contributed by atoms with E-state index in [1.807, 2.05) is 55.8 Å². The Labute approximate surface area is 190 Å². The fraction of sp³-hybridized carbons (Fsp3) is 0.292. The monoisotopic (exact) mass is 446 g/mol. The van der Waals surface area contributed by atoms with Crippen molar-refractivity contribution in [2.24, 2.45) is 0 Å². The Morgan fingerprint density at radius 2 is 1.91 bits per heavy atom. The fourth-order valence-electron chi connectivity index (χ4n) is 3.89. The Kier molecular flexibility index (Phi) is 6.21. The number of hydrogen-bond acceptors (Lipinski definition) is 5. The van der Waals surface area contributed by atoms with E-state index in [0.717, 1.165) is 22.5 Å². The molecule has 0 radical (unpaired) electrons. The first kappa shape index (κ1) is 22.2. The molecule has 0 saturated heterocycles. The van der Waals surface area contributed by atoms with Gasteiger partial charge in [-0.05, 0) is 31.9 Å². The fourth-order valence-corrected chi connectivity index (χ4v) is 3.89. The van der Waals surface area contributed by atoms with Crippen molar-refractivity contribution in [2.45, 2.75) is 46.8 Å². The lowest BCUT2D eigenvalue weighted by Crippen LogP contribution is -2.31. The number of rotatable bonds is 7. The minimum atomic E-state index is -0.557. The first-order chi connectivity index (χ1) is 15.9. The maximum Gasteiger partial charge on any atom is 0.329 e. The van der Waals surface area contributed by atoms with Crippen LogP contribution in [0.15, 0.2) is 52.2 Å². The van der Waals surface area contributed by atoms with Crippen molar-refractivity contribution in [3.05, 3.63) is 91.5 Å². The van der Waals surface area contributed by atoms with Gasteiger partial charge in [-0.1, -0.05) is 37.3 Å². The Morgan fingerprint density at radius 3 is 2.64 bits per heavy atom. The van der Waals surface area contributed by atoms with Crippen LogP contribution in [0.1, 0.15) is 46.2 Å². The predicted molar refractivity (Wildman–Crippen MR) is 125 cm³/mol. The zero-order valence-electron chi connectivity index (χ0n) is 18.9. The molecule has 0 aliphatic rings. The molecule has 0 atom stereocenters. The number of pyridine rings is 1. The molecular formula is C24H26N6O3. The van der Waals surface area contributed by atoms with Crippen LogP contribution in [-0.2, 0) is 19.6 Å². The number of aromatic amines is 1. The molecule has 4 rings (SSSR count). The molecule has 0 spiro atoms. The first-order valence-corrected chi connectivity index (χ1v) is 10.9. The molecule has 0 aliphatic heterocycles. The van der Waals surface area contributed by atoms with Crippen LogP contribution in [0.25, 0.3) is 11.0 Å². The van der Waals surface area contributed by atoms with E-state index in [2.05, 4.69) is 20.4 Å². The van der Waals surface area contributed by atoms with E-state index in [0.29, 0.717) is 26.1 Å². The number of fused-ring (bicyclic) bond motifs is 1. The molecule has 0 bridgehead atoms. The summed E-state index contributed by atoms with van der Waals surface area (Å²) in [6.45, 7) is 7.20. The second-order valence-corrected chi connectivity index (χ2v) is 7.98. The van der Waals surface area contributed by atoms with Gasteiger partial charge in [-0.2, -0.15) is 5.10 Å². The van der Waals surface area contributed by atoms with E-state index in [4.69, 9.17) is 0 Å². The molecule has 0 unspecified atom stereocenters. The van der Waals surface area contributed by atoms with Gasteiger partial charge >= 0.3 is 5.69 Å². The second-order valence-electron chi connectivity index (χ2n) is 7.98. The Morgan fingerprint density at radius 1 is 1.15 bits per heavy atom. The van der Waals surface area contributed by atoms with Crippen LogP contribution in [0.5, 0.6) is 0 Å². The van der Waals surface area contributed by atoms with Gasteiger partial charge in [0.05, 0.1) is 23.2 Å². The van der Waals surface area contributed by atoms with Gasteiger partial charge in [0.1, 0.15) is 5.65 Å². The number of aryl methyl sites for hydroxylation is 2. The smallest absolute Gasteiger partial charge is 0.329 e. The van der Waals surface area contributed by atoms with Crippen LogP contribution in [0, 0.1) is 13.8 Å². The number of amides is 1. The van der Waals surface area contributed by atoms with E-state index < -0.39 is 11.2 Å². The topological polar surface area (TPSA) is 115 Å². The predicted octanol–water partition coefficient (Wildman–Crippen LogP) is 2.29. The van der Waals surface area contributed by atoms with Gasteiger partial charge in [0, 0.05) is 30.5 Å². The number of H-pyrrole nitrogens is 1. The van der Waals surface area contributed by atoms with Gasteiger partial charge in [0.15, 0.2) is 0 Å². The van der Waals surface area contributed by atoms with Crippen molar-refractivity contribution in [2.75, 3.05) is 0 Å². The van der Waals surface area contributed by atoms with Crippen LogP contribution in [0.3, 0.4) is 0 Å². The molecular weight excluding hydrogens is 420 g/mol. The highest BCUT2D eigenvalue weighted by Gasteiger charge is 2.16. The molecule has 0 saturated carbocycles. The van der Waals surface area contributed by atoms with Gasteiger partial charge in [-0.15, -0.1) is 0 Å². The molecule has 170 valence electrons. The molecule has 0 aliphatic carbocycles. The normalized spacial score (nSPS) is 11.1. The van der Waals surface area contributed by atoms with Crippen molar-refractivity contribution in [1.82, 2.24) is 29.6 Å². The van der Waals surface area contributed by atoms with E-state index in [-0.39, 0.29) is 22.5 Å². The lowest BCUT2D eigenvalue weighted by molar-refractivity contribution is 0.0950. The highest BCUT2D eigenvalue weighted by molar-refractivity contribution is 5.96. The van der Waals surface area contributed by atoms with Gasteiger partial charge in [0.25, 0.3) is 11.5 Å². The standard InChI is InChI=1S/C24H26N6O3/c1-4-10-29-21-19(23(32)27-24(29)33)11-18(12-25-21)22(31)26-13-20-15(2)28-30(16(20)3)14-17-8-6-5-7-9-17/h5-9,11-12H,4,10,13-14H2,1-3H3,(H,26,31)(H,27,32,33). The number of nitrogens with one attached hydrogen (secondary N) is 2. The summed E-state index contributed by atoms with van der Waals surface area (Å²) in [6.07, 6.45) is 2.10. The van der Waals surface area contributed by atoms with Crippen molar-refractivity contribution < 1.29 is 4.79 Å². The highest BCUT2D eigenvalue weighted by Crippen LogP contribution is 2.15. The summed E-state index contributed by atoms with van der Waals surface area (Å²) in [4.78, 5) is 43.7. The largest absolute Gasteiger partial charge is 0.348 e. The summed E-state index contributed by atoms with van der Waals surface area (Å²) in [5, 5.41) is 7.72. The molecule has 0 fully saturated rings. The summed E-state index contributed by atoms with van der Waals surface area (Å²) in [6, 6.07) is 11.5. The minimum Gasteiger partial charge on any atom is -0.348 e. The summed E-state index contributed by atoms with van der Waals surface area (Å²) in [5.74, 6) is -0.355. The van der Waals surface area contributed by atoms with Crippen LogP contribution in [0.4, 0.5) is 0 Å². The minimum absolute atomic E-state index is 0.207. The number of hydrogen-bond donors (Lipinski definition) is 2. The van der Waals surface area contributed by atoms with E-state index in [1.165, 1.54) is 16.8 Å². The highest BCUT2D eigenvalue weighted by atomic mass is 16.2. The maximum absolute atomic E-state index is 12.8. The van der Waals surface area contributed by atoms with Crippen LogP contribution in [0.2, 0.25) is 0 Å². The maximum atomic E-state index is 12.8. The van der Waals surface area contributed by atoms with Gasteiger partial charge in [-0.25, -0.2) is 9.78 Å². The molecule has 4 aromatic rings. The summed E-state index contributed by atoms with van der Waals surface area (Å²) in [5.41, 5.74) is 3.39. The van der Waals surface area contributed by atoms with Crippen molar-refractivity contribution >= 4 is 16.9 Å². The quantitative estimate of drug-likeness (QED) is 0.452. The summed E-state index contributed by atoms with van der Waals surface area (Å²) < 4.78 is 3.34. The van der Waals surface area contributed by atoms with E-state index in [9.17, 15) is 14.4 Å². The third-order valence-electron chi connectivity index (χ3n) is 5.67. The molecule has 1 aromatic carbocycles.